The number of carbonyl (C=O) groups is 2. The predicted molar refractivity (Wildman–Crippen MR) is 141 cm³/mol. The Labute approximate surface area is 229 Å². The van der Waals surface area contributed by atoms with Gasteiger partial charge in [-0.05, 0) is 55.7 Å². The minimum absolute atomic E-state index is 0.0236. The number of rotatable bonds is 9. The van der Waals surface area contributed by atoms with Crippen molar-refractivity contribution in [3.8, 4) is 0 Å². The Kier molecular flexibility index (Phi) is 9.59. The smallest absolute Gasteiger partial charge is 0.352 e. The van der Waals surface area contributed by atoms with Crippen LogP contribution in [0.1, 0.15) is 43.7 Å². The number of halogens is 5. The summed E-state index contributed by atoms with van der Waals surface area (Å²) in [7, 11) is -4.26. The molecule has 3 rings (SSSR count). The normalized spacial score (nSPS) is 15.2. The van der Waals surface area contributed by atoms with Crippen LogP contribution in [0.3, 0.4) is 0 Å². The summed E-state index contributed by atoms with van der Waals surface area (Å²) in [6, 6.07) is 7.76. The van der Waals surface area contributed by atoms with E-state index in [0.29, 0.717) is 21.0 Å². The van der Waals surface area contributed by atoms with Crippen LogP contribution in [0.25, 0.3) is 0 Å². The maximum atomic E-state index is 13.6. The summed E-state index contributed by atoms with van der Waals surface area (Å²) in [5, 5.41) is 3.03. The van der Waals surface area contributed by atoms with Crippen LogP contribution in [-0.2, 0) is 32.3 Å². The minimum atomic E-state index is -4.77. The molecular weight excluding hydrogens is 566 g/mol. The molecule has 13 heteroatoms. The molecule has 1 atom stereocenters. The maximum absolute atomic E-state index is 13.6. The lowest BCUT2D eigenvalue weighted by molar-refractivity contribution is -0.139. The lowest BCUT2D eigenvalue weighted by Gasteiger charge is -2.32. The van der Waals surface area contributed by atoms with Gasteiger partial charge in [0, 0.05) is 17.6 Å². The Morgan fingerprint density at radius 3 is 2.34 bits per heavy atom. The Morgan fingerprint density at radius 1 is 1.11 bits per heavy atom. The van der Waals surface area contributed by atoms with E-state index in [2.05, 4.69) is 5.32 Å². The molecule has 0 aliphatic heterocycles. The van der Waals surface area contributed by atoms with Gasteiger partial charge in [-0.25, -0.2) is 8.42 Å². The van der Waals surface area contributed by atoms with E-state index >= 15 is 0 Å². The first-order valence-corrected chi connectivity index (χ1v) is 14.5. The monoisotopic (exact) mass is 593 g/mol. The van der Waals surface area contributed by atoms with Gasteiger partial charge in [0.2, 0.25) is 21.8 Å². The van der Waals surface area contributed by atoms with Gasteiger partial charge in [-0.2, -0.15) is 13.2 Å². The Hall–Kier alpha value is -2.50. The van der Waals surface area contributed by atoms with Crippen molar-refractivity contribution < 1.29 is 31.2 Å². The van der Waals surface area contributed by atoms with Crippen LogP contribution in [0.15, 0.2) is 42.5 Å². The molecule has 1 aliphatic carbocycles. The summed E-state index contributed by atoms with van der Waals surface area (Å²) >= 11 is 12.2. The van der Waals surface area contributed by atoms with Crippen LogP contribution in [0.2, 0.25) is 10.0 Å². The van der Waals surface area contributed by atoms with E-state index in [1.165, 1.54) is 11.8 Å². The van der Waals surface area contributed by atoms with Crippen LogP contribution in [0.5, 0.6) is 0 Å². The van der Waals surface area contributed by atoms with Crippen molar-refractivity contribution >= 4 is 50.7 Å². The summed E-state index contributed by atoms with van der Waals surface area (Å²) in [6.07, 6.45) is -0.420. The molecule has 208 valence electrons. The van der Waals surface area contributed by atoms with Crippen molar-refractivity contribution in [1.29, 1.82) is 0 Å². The molecule has 0 spiro atoms. The summed E-state index contributed by atoms with van der Waals surface area (Å²) in [6.45, 7) is 0.544. The third-order valence-electron chi connectivity index (χ3n) is 6.33. The average molecular weight is 594 g/mol. The molecule has 0 bridgehead atoms. The number of hydrogen-bond acceptors (Lipinski definition) is 4. The van der Waals surface area contributed by atoms with Gasteiger partial charge in [0.05, 0.1) is 22.5 Å². The first-order valence-electron chi connectivity index (χ1n) is 11.9. The number of sulfonamides is 1. The van der Waals surface area contributed by atoms with E-state index in [1.807, 2.05) is 0 Å². The van der Waals surface area contributed by atoms with Crippen LogP contribution < -0.4 is 9.62 Å². The first-order chi connectivity index (χ1) is 17.7. The van der Waals surface area contributed by atoms with E-state index in [4.69, 9.17) is 23.2 Å². The molecule has 0 heterocycles. The highest BCUT2D eigenvalue weighted by Crippen LogP contribution is 2.36. The number of amides is 2. The molecule has 0 aromatic heterocycles. The third kappa shape index (κ3) is 7.77. The summed E-state index contributed by atoms with van der Waals surface area (Å²) in [5.41, 5.74) is -1.05. The molecule has 2 aromatic rings. The van der Waals surface area contributed by atoms with Gasteiger partial charge < -0.3 is 10.2 Å². The minimum Gasteiger partial charge on any atom is -0.352 e. The molecule has 38 heavy (non-hydrogen) atoms. The van der Waals surface area contributed by atoms with Gasteiger partial charge in [0.1, 0.15) is 12.6 Å². The topological polar surface area (TPSA) is 86.8 Å². The van der Waals surface area contributed by atoms with E-state index < -0.39 is 51.9 Å². The second-order valence-electron chi connectivity index (χ2n) is 9.25. The number of carbonyl (C=O) groups excluding carboxylic acids is 2. The van der Waals surface area contributed by atoms with Gasteiger partial charge in [-0.1, -0.05) is 48.2 Å². The van der Waals surface area contributed by atoms with Crippen molar-refractivity contribution in [3.05, 3.63) is 63.6 Å². The molecule has 1 fully saturated rings. The fourth-order valence-electron chi connectivity index (χ4n) is 4.28. The number of benzene rings is 2. The largest absolute Gasteiger partial charge is 0.416 e. The van der Waals surface area contributed by atoms with Crippen LogP contribution in [-0.4, -0.2) is 50.0 Å². The van der Waals surface area contributed by atoms with E-state index in [-0.39, 0.29) is 17.6 Å². The average Bonchev–Trinajstić information content (AvgIpc) is 3.32. The molecule has 0 radical (unpaired) electrons. The third-order valence-corrected chi connectivity index (χ3v) is 8.01. The van der Waals surface area contributed by atoms with E-state index in [9.17, 15) is 31.2 Å². The lowest BCUT2D eigenvalue weighted by atomic mass is 10.1. The fraction of sp³-hybridized carbons (Fsp3) is 0.440. The lowest BCUT2D eigenvalue weighted by Crippen LogP contribution is -2.52. The Bertz CT molecular complexity index is 1280. The van der Waals surface area contributed by atoms with Gasteiger partial charge in [-0.3, -0.25) is 13.9 Å². The van der Waals surface area contributed by atoms with Crippen molar-refractivity contribution in [2.75, 3.05) is 17.1 Å². The Balaban J connectivity index is 1.96. The number of alkyl halides is 3. The van der Waals surface area contributed by atoms with E-state index in [1.54, 1.807) is 24.3 Å². The SMILES string of the molecule is C[C@H](C(=O)NC1CCCC1)N(Cc1cccc(Cl)c1)C(=O)CN(c1cc(C(F)(F)F)ccc1Cl)S(C)(=O)=O. The highest BCUT2D eigenvalue weighted by Gasteiger charge is 2.35. The molecule has 7 nitrogen and oxygen atoms in total. The van der Waals surface area contributed by atoms with Gasteiger partial charge >= 0.3 is 6.18 Å². The number of anilines is 1. The number of nitrogens with zero attached hydrogens (tertiary/aromatic N) is 2. The van der Waals surface area contributed by atoms with Crippen molar-refractivity contribution in [3.63, 3.8) is 0 Å². The van der Waals surface area contributed by atoms with Crippen molar-refractivity contribution in [2.24, 2.45) is 0 Å². The zero-order valence-electron chi connectivity index (χ0n) is 20.8. The maximum Gasteiger partial charge on any atom is 0.416 e. The summed E-state index contributed by atoms with van der Waals surface area (Å²) in [4.78, 5) is 27.8. The molecular formula is C25H28Cl2F3N3O4S. The molecule has 1 aliphatic rings. The van der Waals surface area contributed by atoms with Crippen LogP contribution in [0.4, 0.5) is 18.9 Å². The van der Waals surface area contributed by atoms with Gasteiger partial charge in [-0.15, -0.1) is 0 Å². The van der Waals surface area contributed by atoms with E-state index in [0.717, 1.165) is 44.1 Å². The first kappa shape index (κ1) is 30.0. The Morgan fingerprint density at radius 2 is 1.76 bits per heavy atom. The highest BCUT2D eigenvalue weighted by atomic mass is 35.5. The number of hydrogen-bond donors (Lipinski definition) is 1. The van der Waals surface area contributed by atoms with Gasteiger partial charge in [0.25, 0.3) is 0 Å². The molecule has 1 saturated carbocycles. The highest BCUT2D eigenvalue weighted by molar-refractivity contribution is 7.92. The molecule has 1 N–H and O–H groups in total. The zero-order valence-corrected chi connectivity index (χ0v) is 23.1. The predicted octanol–water partition coefficient (Wildman–Crippen LogP) is 5.25. The van der Waals surface area contributed by atoms with Crippen LogP contribution >= 0.6 is 23.2 Å². The number of nitrogens with one attached hydrogen (secondary N) is 1. The molecule has 0 unspecified atom stereocenters. The van der Waals surface area contributed by atoms with Crippen molar-refractivity contribution in [1.82, 2.24) is 10.2 Å². The standard InChI is InChI=1S/C25H28Cl2F3N3O4S/c1-16(24(35)31-20-8-3-4-9-20)32(14-17-6-5-7-19(26)12-17)23(34)15-33(38(2,36)37)22-13-18(25(28,29)30)10-11-21(22)27/h5-7,10-13,16,20H,3-4,8-9,14-15H2,1-2H3,(H,31,35)/t16-/m1/s1. The molecule has 0 saturated heterocycles. The second kappa shape index (κ2) is 12.1. The van der Waals surface area contributed by atoms with Gasteiger partial charge in [0.15, 0.2) is 0 Å². The second-order valence-corrected chi connectivity index (χ2v) is 12.0. The zero-order chi connectivity index (χ0) is 28.3. The quantitative estimate of drug-likeness (QED) is 0.430. The summed E-state index contributed by atoms with van der Waals surface area (Å²) in [5.74, 6) is -1.23. The summed E-state index contributed by atoms with van der Waals surface area (Å²) < 4.78 is 65.9. The molecule has 2 aromatic carbocycles. The van der Waals surface area contributed by atoms with Crippen LogP contribution in [0, 0.1) is 0 Å². The fourth-order valence-corrected chi connectivity index (χ4v) is 5.62. The van der Waals surface area contributed by atoms with Crippen molar-refractivity contribution in [2.45, 2.75) is 57.4 Å². The molecule has 2 amide bonds.